The zero-order valence-electron chi connectivity index (χ0n) is 14.0. The Kier molecular flexibility index (Phi) is 8.04. The summed E-state index contributed by atoms with van der Waals surface area (Å²) < 4.78 is 0. The van der Waals surface area contributed by atoms with E-state index >= 15 is 0 Å². The first-order chi connectivity index (χ1) is 10.0. The third-order valence-electron chi connectivity index (χ3n) is 4.38. The van der Waals surface area contributed by atoms with E-state index < -0.39 is 0 Å². The molecule has 1 aliphatic rings. The average Bonchev–Trinajstić information content (AvgIpc) is 2.45. The highest BCUT2D eigenvalue weighted by Gasteiger charge is 2.11. The van der Waals surface area contributed by atoms with Gasteiger partial charge in [-0.15, -0.1) is 0 Å². The first-order valence-electron chi connectivity index (χ1n) is 8.13. The summed E-state index contributed by atoms with van der Waals surface area (Å²) in [6.45, 7) is 10.6. The van der Waals surface area contributed by atoms with Crippen LogP contribution in [0.1, 0.15) is 65.7 Å². The molecule has 1 atom stereocenters. The lowest BCUT2D eigenvalue weighted by atomic mass is 9.89. The molecule has 0 radical (unpaired) electrons. The van der Waals surface area contributed by atoms with E-state index in [1.54, 1.807) is 0 Å². The van der Waals surface area contributed by atoms with Gasteiger partial charge in [0.1, 0.15) is 6.29 Å². The Morgan fingerprint density at radius 2 is 1.52 bits per heavy atom. The molecule has 1 nitrogen and oxygen atoms in total. The van der Waals surface area contributed by atoms with Crippen LogP contribution in [-0.4, -0.2) is 6.29 Å². The van der Waals surface area contributed by atoms with Gasteiger partial charge in [0.2, 0.25) is 0 Å². The van der Waals surface area contributed by atoms with Crippen molar-refractivity contribution in [2.24, 2.45) is 5.92 Å². The van der Waals surface area contributed by atoms with Crippen LogP contribution in [0.2, 0.25) is 0 Å². The van der Waals surface area contributed by atoms with Crippen molar-refractivity contribution >= 4 is 6.29 Å². The SMILES string of the molecule is C=C(C=O)[C@H]1C/C=C(\C)CC/C=C(\C)CC/C=C(\C)CC1. The van der Waals surface area contributed by atoms with Crippen molar-refractivity contribution in [3.05, 3.63) is 47.1 Å². The van der Waals surface area contributed by atoms with Crippen molar-refractivity contribution < 1.29 is 4.79 Å². The Hall–Kier alpha value is -1.37. The molecule has 0 unspecified atom stereocenters. The minimum Gasteiger partial charge on any atom is -0.298 e. The fraction of sp³-hybridized carbons (Fsp3) is 0.550. The van der Waals surface area contributed by atoms with Crippen LogP contribution in [0.3, 0.4) is 0 Å². The van der Waals surface area contributed by atoms with Crippen LogP contribution in [0, 0.1) is 5.92 Å². The number of hydrogen-bond donors (Lipinski definition) is 0. The minimum atomic E-state index is 0.293. The van der Waals surface area contributed by atoms with E-state index in [1.807, 2.05) is 0 Å². The summed E-state index contributed by atoms with van der Waals surface area (Å²) in [5.74, 6) is 0.293. The molecule has 1 rings (SSSR count). The van der Waals surface area contributed by atoms with Crippen LogP contribution in [0.15, 0.2) is 47.1 Å². The lowest BCUT2D eigenvalue weighted by Crippen LogP contribution is -2.04. The summed E-state index contributed by atoms with van der Waals surface area (Å²) in [6.07, 6.45) is 15.5. The van der Waals surface area contributed by atoms with Gasteiger partial charge in [0.25, 0.3) is 0 Å². The predicted molar refractivity (Wildman–Crippen MR) is 92.3 cm³/mol. The largest absolute Gasteiger partial charge is 0.298 e. The maximum atomic E-state index is 11.0. The van der Waals surface area contributed by atoms with Crippen LogP contribution >= 0.6 is 0 Å². The molecular weight excluding hydrogens is 256 g/mol. The number of aldehydes is 1. The minimum absolute atomic E-state index is 0.293. The molecule has 0 fully saturated rings. The molecule has 1 heteroatoms. The van der Waals surface area contributed by atoms with Gasteiger partial charge in [0, 0.05) is 0 Å². The molecule has 21 heavy (non-hydrogen) atoms. The Balaban J connectivity index is 2.82. The summed E-state index contributed by atoms with van der Waals surface area (Å²) in [7, 11) is 0. The fourth-order valence-electron chi connectivity index (χ4n) is 2.69. The number of allylic oxidation sites excluding steroid dienone is 7. The smallest absolute Gasteiger partial charge is 0.145 e. The van der Waals surface area contributed by atoms with E-state index in [2.05, 4.69) is 45.6 Å². The Morgan fingerprint density at radius 1 is 1.00 bits per heavy atom. The normalized spacial score (nSPS) is 29.9. The van der Waals surface area contributed by atoms with Crippen LogP contribution in [0.4, 0.5) is 0 Å². The molecule has 0 aromatic heterocycles. The summed E-state index contributed by atoms with van der Waals surface area (Å²) >= 11 is 0. The Morgan fingerprint density at radius 3 is 2.10 bits per heavy atom. The second kappa shape index (κ2) is 9.55. The van der Waals surface area contributed by atoms with E-state index in [-0.39, 0.29) is 0 Å². The van der Waals surface area contributed by atoms with Gasteiger partial charge < -0.3 is 0 Å². The lowest BCUT2D eigenvalue weighted by Gasteiger charge is -2.15. The monoisotopic (exact) mass is 286 g/mol. The first kappa shape index (κ1) is 17.7. The van der Waals surface area contributed by atoms with E-state index in [0.717, 1.165) is 56.8 Å². The maximum Gasteiger partial charge on any atom is 0.145 e. The van der Waals surface area contributed by atoms with Crippen molar-refractivity contribution in [1.29, 1.82) is 0 Å². The molecule has 0 saturated heterocycles. The highest BCUT2D eigenvalue weighted by Crippen LogP contribution is 2.24. The maximum absolute atomic E-state index is 11.0. The molecule has 0 N–H and O–H groups in total. The second-order valence-electron chi connectivity index (χ2n) is 6.39. The number of hydrogen-bond acceptors (Lipinski definition) is 1. The molecule has 0 aromatic rings. The van der Waals surface area contributed by atoms with Gasteiger partial charge >= 0.3 is 0 Å². The molecule has 0 saturated carbocycles. The van der Waals surface area contributed by atoms with Crippen molar-refractivity contribution in [2.75, 3.05) is 0 Å². The standard InChI is InChI=1S/C20H30O/c1-16-7-5-9-17(2)11-13-20(19(4)15-21)14-12-18(3)10-6-8-16/h7,10-11,15,20H,4-6,8-9,12-14H2,1-3H3/b16-7+,17-11+,18-10+/t20-/m0/s1. The first-order valence-corrected chi connectivity index (χ1v) is 8.13. The number of carbonyl (C=O) groups excluding carboxylic acids is 1. The molecular formula is C20H30O. The van der Waals surface area contributed by atoms with Crippen LogP contribution in [-0.2, 0) is 4.79 Å². The second-order valence-corrected chi connectivity index (χ2v) is 6.39. The topological polar surface area (TPSA) is 17.1 Å². The fourth-order valence-corrected chi connectivity index (χ4v) is 2.69. The van der Waals surface area contributed by atoms with Crippen LogP contribution in [0.25, 0.3) is 0 Å². The van der Waals surface area contributed by atoms with E-state index in [9.17, 15) is 4.79 Å². The Labute approximate surface area is 130 Å². The average molecular weight is 286 g/mol. The van der Waals surface area contributed by atoms with Gasteiger partial charge in [-0.1, -0.05) is 41.5 Å². The van der Waals surface area contributed by atoms with Crippen LogP contribution in [0.5, 0.6) is 0 Å². The summed E-state index contributed by atoms with van der Waals surface area (Å²) in [5.41, 5.74) is 5.10. The van der Waals surface area contributed by atoms with E-state index in [1.165, 1.54) is 16.7 Å². The zero-order chi connectivity index (χ0) is 15.7. The summed E-state index contributed by atoms with van der Waals surface area (Å²) in [6, 6.07) is 0. The summed E-state index contributed by atoms with van der Waals surface area (Å²) in [4.78, 5) is 11.0. The predicted octanol–water partition coefficient (Wildman–Crippen LogP) is 5.94. The van der Waals surface area contributed by atoms with Gasteiger partial charge in [-0.2, -0.15) is 0 Å². The van der Waals surface area contributed by atoms with Crippen molar-refractivity contribution in [1.82, 2.24) is 0 Å². The number of carbonyl (C=O) groups is 1. The number of rotatable bonds is 2. The van der Waals surface area contributed by atoms with Gasteiger partial charge in [-0.3, -0.25) is 4.79 Å². The molecule has 0 bridgehead atoms. The van der Waals surface area contributed by atoms with Gasteiger partial charge in [0.05, 0.1) is 0 Å². The molecule has 0 spiro atoms. The van der Waals surface area contributed by atoms with Gasteiger partial charge in [-0.05, 0) is 77.2 Å². The molecule has 0 heterocycles. The zero-order valence-corrected chi connectivity index (χ0v) is 14.0. The van der Waals surface area contributed by atoms with Crippen molar-refractivity contribution in [3.8, 4) is 0 Å². The van der Waals surface area contributed by atoms with Gasteiger partial charge in [-0.25, -0.2) is 0 Å². The molecule has 116 valence electrons. The highest BCUT2D eigenvalue weighted by atomic mass is 16.1. The molecule has 0 aromatic carbocycles. The van der Waals surface area contributed by atoms with Crippen molar-refractivity contribution in [3.63, 3.8) is 0 Å². The highest BCUT2D eigenvalue weighted by molar-refractivity contribution is 5.72. The van der Waals surface area contributed by atoms with E-state index in [0.29, 0.717) is 5.92 Å². The van der Waals surface area contributed by atoms with Crippen molar-refractivity contribution in [2.45, 2.75) is 65.7 Å². The quantitative estimate of drug-likeness (QED) is 0.349. The van der Waals surface area contributed by atoms with E-state index in [4.69, 9.17) is 0 Å². The third-order valence-corrected chi connectivity index (χ3v) is 4.38. The van der Waals surface area contributed by atoms with Crippen LogP contribution < -0.4 is 0 Å². The lowest BCUT2D eigenvalue weighted by molar-refractivity contribution is -0.105. The van der Waals surface area contributed by atoms with Gasteiger partial charge in [0.15, 0.2) is 0 Å². The molecule has 1 aliphatic carbocycles. The molecule has 0 amide bonds. The summed E-state index contributed by atoms with van der Waals surface area (Å²) in [5, 5.41) is 0. The molecule has 0 aliphatic heterocycles. The Bertz CT molecular complexity index is 448. The third kappa shape index (κ3) is 7.27.